The van der Waals surface area contributed by atoms with E-state index >= 15 is 0 Å². The molecule has 1 aromatic heterocycles. The smallest absolute Gasteiger partial charge is 0.274 e. The van der Waals surface area contributed by atoms with Crippen LogP contribution in [0, 0.1) is 0 Å². The van der Waals surface area contributed by atoms with Gasteiger partial charge < -0.3 is 20.1 Å². The third kappa shape index (κ3) is 2.98. The van der Waals surface area contributed by atoms with Gasteiger partial charge in [0.1, 0.15) is 5.69 Å². The second kappa shape index (κ2) is 6.13. The third-order valence-corrected chi connectivity index (χ3v) is 2.92. The number of benzene rings is 1. The predicted molar refractivity (Wildman–Crippen MR) is 81.2 cm³/mol. The number of hydrogen-bond acceptors (Lipinski definition) is 6. The molecular weight excluding hydrogens is 284 g/mol. The largest absolute Gasteiger partial charge is 0.454 e. The highest BCUT2D eigenvalue weighted by Crippen LogP contribution is 2.34. The SMILES string of the molecule is C=CCNc1nccc(C(=O)Nc2ccc3c(c2)OCO3)n1. The van der Waals surface area contributed by atoms with E-state index in [9.17, 15) is 4.79 Å². The Morgan fingerprint density at radius 1 is 1.32 bits per heavy atom. The summed E-state index contributed by atoms with van der Waals surface area (Å²) >= 11 is 0. The van der Waals surface area contributed by atoms with Gasteiger partial charge in [0.25, 0.3) is 5.91 Å². The molecule has 0 saturated carbocycles. The summed E-state index contributed by atoms with van der Waals surface area (Å²) < 4.78 is 10.5. The molecule has 0 atom stereocenters. The van der Waals surface area contributed by atoms with Gasteiger partial charge in [-0.15, -0.1) is 6.58 Å². The molecule has 1 amide bonds. The second-order valence-electron chi connectivity index (χ2n) is 4.46. The van der Waals surface area contributed by atoms with Crippen molar-refractivity contribution >= 4 is 17.5 Å². The Balaban J connectivity index is 1.72. The van der Waals surface area contributed by atoms with Crippen LogP contribution in [-0.4, -0.2) is 29.2 Å². The molecule has 1 aromatic carbocycles. The summed E-state index contributed by atoms with van der Waals surface area (Å²) in [5.74, 6) is 1.31. The van der Waals surface area contributed by atoms with Gasteiger partial charge in [-0.1, -0.05) is 6.08 Å². The van der Waals surface area contributed by atoms with E-state index in [0.717, 1.165) is 0 Å². The van der Waals surface area contributed by atoms with Crippen LogP contribution >= 0.6 is 0 Å². The van der Waals surface area contributed by atoms with E-state index in [1.807, 2.05) is 0 Å². The summed E-state index contributed by atoms with van der Waals surface area (Å²) in [7, 11) is 0. The fraction of sp³-hybridized carbons (Fsp3) is 0.133. The first-order chi connectivity index (χ1) is 10.8. The van der Waals surface area contributed by atoms with Crippen molar-refractivity contribution in [2.45, 2.75) is 0 Å². The Kier molecular flexibility index (Phi) is 3.86. The third-order valence-electron chi connectivity index (χ3n) is 2.92. The number of amides is 1. The molecule has 7 heteroatoms. The van der Waals surface area contributed by atoms with Gasteiger partial charge in [0.05, 0.1) is 0 Å². The molecule has 2 heterocycles. The monoisotopic (exact) mass is 298 g/mol. The topological polar surface area (TPSA) is 85.4 Å². The molecule has 0 fully saturated rings. The first kappa shape index (κ1) is 13.9. The summed E-state index contributed by atoms with van der Waals surface area (Å²) in [6, 6.07) is 6.73. The van der Waals surface area contributed by atoms with Crippen molar-refractivity contribution in [3.63, 3.8) is 0 Å². The zero-order valence-electron chi connectivity index (χ0n) is 11.7. The van der Waals surface area contributed by atoms with E-state index in [1.54, 1.807) is 30.3 Å². The van der Waals surface area contributed by atoms with Crippen LogP contribution in [0.1, 0.15) is 10.5 Å². The minimum absolute atomic E-state index is 0.191. The van der Waals surface area contributed by atoms with Crippen molar-refractivity contribution in [2.24, 2.45) is 0 Å². The van der Waals surface area contributed by atoms with Crippen molar-refractivity contribution in [3.05, 3.63) is 48.8 Å². The van der Waals surface area contributed by atoms with Crippen molar-refractivity contribution < 1.29 is 14.3 Å². The summed E-state index contributed by atoms with van der Waals surface area (Å²) in [5, 5.41) is 5.69. The van der Waals surface area contributed by atoms with Crippen LogP contribution in [-0.2, 0) is 0 Å². The minimum atomic E-state index is -0.331. The lowest BCUT2D eigenvalue weighted by Gasteiger charge is -2.07. The highest BCUT2D eigenvalue weighted by atomic mass is 16.7. The van der Waals surface area contributed by atoms with Crippen LogP contribution in [0.3, 0.4) is 0 Å². The number of carbonyl (C=O) groups excluding carboxylic acids is 1. The molecule has 3 rings (SSSR count). The summed E-state index contributed by atoms with van der Waals surface area (Å²) in [5.41, 5.74) is 0.868. The van der Waals surface area contributed by atoms with Crippen LogP contribution < -0.4 is 20.1 Å². The average Bonchev–Trinajstić information content (AvgIpc) is 3.01. The molecule has 1 aliphatic rings. The van der Waals surface area contributed by atoms with Gasteiger partial charge in [-0.2, -0.15) is 0 Å². The molecule has 0 aliphatic carbocycles. The molecular formula is C15H14N4O3. The van der Waals surface area contributed by atoms with Crippen LogP contribution in [0.25, 0.3) is 0 Å². The standard InChI is InChI=1S/C15H14N4O3/c1-2-6-16-15-17-7-5-11(19-15)14(20)18-10-3-4-12-13(8-10)22-9-21-12/h2-5,7-8H,1,6,9H2,(H,18,20)(H,16,17,19). The number of nitrogens with one attached hydrogen (secondary N) is 2. The van der Waals surface area contributed by atoms with E-state index in [-0.39, 0.29) is 18.4 Å². The molecule has 2 aromatic rings. The number of ether oxygens (including phenoxy) is 2. The predicted octanol–water partition coefficient (Wildman–Crippen LogP) is 2.06. The molecule has 0 spiro atoms. The second-order valence-corrected chi connectivity index (χ2v) is 4.46. The number of aromatic nitrogens is 2. The maximum Gasteiger partial charge on any atom is 0.274 e. The van der Waals surface area contributed by atoms with Crippen molar-refractivity contribution in [1.82, 2.24) is 9.97 Å². The number of nitrogens with zero attached hydrogens (tertiary/aromatic N) is 2. The van der Waals surface area contributed by atoms with Crippen LogP contribution in [0.5, 0.6) is 11.5 Å². The zero-order chi connectivity index (χ0) is 15.4. The van der Waals surface area contributed by atoms with Crippen LogP contribution in [0.2, 0.25) is 0 Å². The molecule has 1 aliphatic heterocycles. The minimum Gasteiger partial charge on any atom is -0.454 e. The van der Waals surface area contributed by atoms with Gasteiger partial charge in [0.2, 0.25) is 12.7 Å². The Hall–Kier alpha value is -3.09. The number of anilines is 2. The summed E-state index contributed by atoms with van der Waals surface area (Å²) in [6.45, 7) is 4.31. The number of rotatable bonds is 5. The van der Waals surface area contributed by atoms with Gasteiger partial charge >= 0.3 is 0 Å². The molecule has 7 nitrogen and oxygen atoms in total. The molecule has 0 saturated heterocycles. The van der Waals surface area contributed by atoms with Crippen LogP contribution in [0.4, 0.5) is 11.6 Å². The first-order valence-corrected chi connectivity index (χ1v) is 6.65. The van der Waals surface area contributed by atoms with Crippen molar-refractivity contribution in [2.75, 3.05) is 24.0 Å². The molecule has 0 radical (unpaired) electrons. The van der Waals surface area contributed by atoms with E-state index in [2.05, 4.69) is 27.2 Å². The number of fused-ring (bicyclic) bond motifs is 1. The zero-order valence-corrected chi connectivity index (χ0v) is 11.7. The Bertz CT molecular complexity index is 718. The first-order valence-electron chi connectivity index (χ1n) is 6.65. The van der Waals surface area contributed by atoms with Gasteiger partial charge in [0.15, 0.2) is 11.5 Å². The average molecular weight is 298 g/mol. The fourth-order valence-corrected chi connectivity index (χ4v) is 1.90. The molecule has 2 N–H and O–H groups in total. The van der Waals surface area contributed by atoms with Crippen molar-refractivity contribution in [3.8, 4) is 11.5 Å². The lowest BCUT2D eigenvalue weighted by Crippen LogP contribution is -2.15. The van der Waals surface area contributed by atoms with Gasteiger partial charge in [-0.05, 0) is 18.2 Å². The molecule has 112 valence electrons. The van der Waals surface area contributed by atoms with Gasteiger partial charge in [-0.3, -0.25) is 4.79 Å². The highest BCUT2D eigenvalue weighted by molar-refractivity contribution is 6.03. The van der Waals surface area contributed by atoms with E-state index in [0.29, 0.717) is 29.7 Å². The number of hydrogen-bond donors (Lipinski definition) is 2. The number of carbonyl (C=O) groups is 1. The van der Waals surface area contributed by atoms with Gasteiger partial charge in [-0.25, -0.2) is 9.97 Å². The van der Waals surface area contributed by atoms with Crippen molar-refractivity contribution in [1.29, 1.82) is 0 Å². The normalized spacial score (nSPS) is 11.8. The van der Waals surface area contributed by atoms with E-state index in [4.69, 9.17) is 9.47 Å². The lowest BCUT2D eigenvalue weighted by atomic mass is 10.2. The molecule has 22 heavy (non-hydrogen) atoms. The molecule has 0 bridgehead atoms. The Morgan fingerprint density at radius 2 is 2.18 bits per heavy atom. The van der Waals surface area contributed by atoms with Crippen LogP contribution in [0.15, 0.2) is 43.1 Å². The van der Waals surface area contributed by atoms with E-state index < -0.39 is 0 Å². The quantitative estimate of drug-likeness (QED) is 0.822. The lowest BCUT2D eigenvalue weighted by molar-refractivity contribution is 0.102. The summed E-state index contributed by atoms with van der Waals surface area (Å²) in [4.78, 5) is 20.4. The highest BCUT2D eigenvalue weighted by Gasteiger charge is 2.15. The van der Waals surface area contributed by atoms with E-state index in [1.165, 1.54) is 6.20 Å². The maximum absolute atomic E-state index is 12.2. The fourth-order valence-electron chi connectivity index (χ4n) is 1.90. The summed E-state index contributed by atoms with van der Waals surface area (Å²) in [6.07, 6.45) is 3.20. The van der Waals surface area contributed by atoms with Gasteiger partial charge in [0, 0.05) is 24.5 Å². The Morgan fingerprint density at radius 3 is 3.05 bits per heavy atom. The molecule has 0 unspecified atom stereocenters. The maximum atomic E-state index is 12.2. The Labute approximate surface area is 127 Å².